The minimum Gasteiger partial charge on any atom is -0.481 e. The number of carboxylic acids is 1. The fourth-order valence-corrected chi connectivity index (χ4v) is 2.78. The molecule has 2 rings (SSSR count). The van der Waals surface area contributed by atoms with Crippen LogP contribution in [0.25, 0.3) is 0 Å². The van der Waals surface area contributed by atoms with Gasteiger partial charge in [-0.1, -0.05) is 13.8 Å². The van der Waals surface area contributed by atoms with Crippen molar-refractivity contribution in [1.29, 1.82) is 0 Å². The molecule has 1 saturated heterocycles. The first-order chi connectivity index (χ1) is 9.68. The third-order valence-electron chi connectivity index (χ3n) is 4.22. The van der Waals surface area contributed by atoms with E-state index in [2.05, 4.69) is 4.98 Å². The summed E-state index contributed by atoms with van der Waals surface area (Å²) in [5.41, 5.74) is -1.85. The molecule has 7 heteroatoms. The van der Waals surface area contributed by atoms with E-state index < -0.39 is 23.1 Å². The summed E-state index contributed by atoms with van der Waals surface area (Å²) in [6.07, 6.45) is -2.90. The Bertz CT molecular complexity index is 545. The topological polar surface area (TPSA) is 53.4 Å². The fraction of sp³-hybridized carbons (Fsp3) is 0.571. The zero-order valence-electron chi connectivity index (χ0n) is 11.8. The van der Waals surface area contributed by atoms with Crippen LogP contribution in [0.4, 0.5) is 19.0 Å². The number of aromatic nitrogens is 1. The van der Waals surface area contributed by atoms with E-state index in [1.165, 1.54) is 17.2 Å². The van der Waals surface area contributed by atoms with E-state index in [4.69, 9.17) is 0 Å². The smallest absolute Gasteiger partial charge is 0.419 e. The predicted molar refractivity (Wildman–Crippen MR) is 71.0 cm³/mol. The molecule has 21 heavy (non-hydrogen) atoms. The minimum atomic E-state index is -4.50. The van der Waals surface area contributed by atoms with Crippen molar-refractivity contribution in [2.45, 2.75) is 26.4 Å². The first-order valence-electron chi connectivity index (χ1n) is 6.69. The van der Waals surface area contributed by atoms with Gasteiger partial charge < -0.3 is 10.0 Å². The van der Waals surface area contributed by atoms with E-state index in [1.807, 2.05) is 0 Å². The molecule has 0 aliphatic carbocycles. The Balaban J connectivity index is 2.37. The third-order valence-corrected chi connectivity index (χ3v) is 4.22. The molecular weight excluding hydrogens is 285 g/mol. The van der Waals surface area contributed by atoms with Gasteiger partial charge >= 0.3 is 12.1 Å². The van der Waals surface area contributed by atoms with Crippen molar-refractivity contribution in [2.75, 3.05) is 18.0 Å². The number of alkyl halides is 3. The minimum absolute atomic E-state index is 0.0418. The van der Waals surface area contributed by atoms with Gasteiger partial charge in [-0.05, 0) is 24.5 Å². The number of pyridine rings is 1. The summed E-state index contributed by atoms with van der Waals surface area (Å²) >= 11 is 0. The van der Waals surface area contributed by atoms with Gasteiger partial charge in [0.25, 0.3) is 0 Å². The van der Waals surface area contributed by atoms with Crippen molar-refractivity contribution in [3.63, 3.8) is 0 Å². The standard InChI is InChI=1S/C14H17F3N2O2/c1-9(2)13(12(20)21)5-7-19(8-13)11-10(14(15,16)17)4-3-6-18-11/h3-4,6,9H,5,7-8H2,1-2H3,(H,20,21). The Morgan fingerprint density at radius 1 is 1.48 bits per heavy atom. The van der Waals surface area contributed by atoms with Crippen molar-refractivity contribution in [3.8, 4) is 0 Å². The van der Waals surface area contributed by atoms with Gasteiger partial charge in [-0.3, -0.25) is 4.79 Å². The molecule has 0 radical (unpaired) electrons. The number of hydrogen-bond acceptors (Lipinski definition) is 3. The highest BCUT2D eigenvalue weighted by Gasteiger charge is 2.49. The number of rotatable bonds is 3. The van der Waals surface area contributed by atoms with Gasteiger partial charge in [0, 0.05) is 19.3 Å². The molecule has 4 nitrogen and oxygen atoms in total. The number of carboxylic acid groups (broad SMARTS) is 1. The van der Waals surface area contributed by atoms with E-state index >= 15 is 0 Å². The van der Waals surface area contributed by atoms with E-state index in [0.717, 1.165) is 6.07 Å². The summed E-state index contributed by atoms with van der Waals surface area (Å²) in [6.45, 7) is 3.85. The summed E-state index contributed by atoms with van der Waals surface area (Å²) in [5.74, 6) is -1.32. The predicted octanol–water partition coefficient (Wildman–Crippen LogP) is 3.04. The van der Waals surface area contributed by atoms with Gasteiger partial charge in [-0.15, -0.1) is 0 Å². The molecule has 1 atom stereocenters. The molecule has 1 aliphatic heterocycles. The van der Waals surface area contributed by atoms with E-state index in [-0.39, 0.29) is 24.8 Å². The number of carbonyl (C=O) groups is 1. The van der Waals surface area contributed by atoms with Crippen LogP contribution in [0.3, 0.4) is 0 Å². The second-order valence-corrected chi connectivity index (χ2v) is 5.66. The molecule has 1 aliphatic rings. The van der Waals surface area contributed by atoms with Gasteiger partial charge in [-0.25, -0.2) is 4.98 Å². The second-order valence-electron chi connectivity index (χ2n) is 5.66. The summed E-state index contributed by atoms with van der Waals surface area (Å²) in [5, 5.41) is 9.46. The number of halogens is 3. The molecule has 1 unspecified atom stereocenters. The van der Waals surface area contributed by atoms with Crippen LogP contribution in [0.2, 0.25) is 0 Å². The first-order valence-corrected chi connectivity index (χ1v) is 6.69. The summed E-state index contributed by atoms with van der Waals surface area (Å²) in [7, 11) is 0. The van der Waals surface area contributed by atoms with Crippen LogP contribution < -0.4 is 4.90 Å². The number of hydrogen-bond donors (Lipinski definition) is 1. The average molecular weight is 302 g/mol. The molecule has 0 bridgehead atoms. The molecule has 2 heterocycles. The SMILES string of the molecule is CC(C)C1(C(=O)O)CCN(c2ncccc2C(F)(F)F)C1. The van der Waals surface area contributed by atoms with Crippen LogP contribution in [0.5, 0.6) is 0 Å². The van der Waals surface area contributed by atoms with E-state index in [1.54, 1.807) is 13.8 Å². The molecular formula is C14H17F3N2O2. The molecule has 116 valence electrons. The van der Waals surface area contributed by atoms with Gasteiger partial charge in [-0.2, -0.15) is 13.2 Å². The highest BCUT2D eigenvalue weighted by Crippen LogP contribution is 2.42. The first kappa shape index (κ1) is 15.6. The molecule has 0 amide bonds. The van der Waals surface area contributed by atoms with Crippen LogP contribution in [0.1, 0.15) is 25.8 Å². The second kappa shape index (κ2) is 5.20. The van der Waals surface area contributed by atoms with E-state index in [0.29, 0.717) is 6.42 Å². The lowest BCUT2D eigenvalue weighted by Gasteiger charge is -2.29. The summed E-state index contributed by atoms with van der Waals surface area (Å²) < 4.78 is 39.1. The molecule has 1 aromatic heterocycles. The quantitative estimate of drug-likeness (QED) is 0.932. The number of nitrogens with zero attached hydrogens (tertiary/aromatic N) is 2. The molecule has 0 aromatic carbocycles. The molecule has 0 spiro atoms. The van der Waals surface area contributed by atoms with Crippen molar-refractivity contribution in [1.82, 2.24) is 4.98 Å². The maximum Gasteiger partial charge on any atom is 0.419 e. The molecule has 0 saturated carbocycles. The number of aliphatic carboxylic acids is 1. The summed E-state index contributed by atoms with van der Waals surface area (Å²) in [4.78, 5) is 16.8. The Morgan fingerprint density at radius 2 is 2.14 bits per heavy atom. The lowest BCUT2D eigenvalue weighted by Crippen LogP contribution is -2.39. The van der Waals surface area contributed by atoms with Crippen LogP contribution in [-0.4, -0.2) is 29.1 Å². The molecule has 1 N–H and O–H groups in total. The normalized spacial score (nSPS) is 22.9. The monoisotopic (exact) mass is 302 g/mol. The van der Waals surface area contributed by atoms with Gasteiger partial charge in [0.2, 0.25) is 0 Å². The Kier molecular flexibility index (Phi) is 3.86. The highest BCUT2D eigenvalue weighted by atomic mass is 19.4. The molecule has 1 fully saturated rings. The van der Waals surface area contributed by atoms with Crippen LogP contribution >= 0.6 is 0 Å². The zero-order valence-corrected chi connectivity index (χ0v) is 11.8. The van der Waals surface area contributed by atoms with Crippen LogP contribution in [0.15, 0.2) is 18.3 Å². The molecule has 1 aromatic rings. The van der Waals surface area contributed by atoms with Crippen LogP contribution in [-0.2, 0) is 11.0 Å². The highest BCUT2D eigenvalue weighted by molar-refractivity contribution is 5.77. The Labute approximate surface area is 120 Å². The lowest BCUT2D eigenvalue weighted by molar-refractivity contribution is -0.150. The van der Waals surface area contributed by atoms with Crippen LogP contribution in [0, 0.1) is 11.3 Å². The zero-order chi connectivity index (χ0) is 15.8. The number of anilines is 1. The van der Waals surface area contributed by atoms with Crippen molar-refractivity contribution >= 4 is 11.8 Å². The van der Waals surface area contributed by atoms with Crippen molar-refractivity contribution in [3.05, 3.63) is 23.9 Å². The third kappa shape index (κ3) is 2.69. The van der Waals surface area contributed by atoms with Gasteiger partial charge in [0.05, 0.1) is 11.0 Å². The maximum absolute atomic E-state index is 13.0. The Hall–Kier alpha value is -1.79. The lowest BCUT2D eigenvalue weighted by atomic mass is 9.76. The van der Waals surface area contributed by atoms with Crippen molar-refractivity contribution in [2.24, 2.45) is 11.3 Å². The van der Waals surface area contributed by atoms with Gasteiger partial charge in [0.15, 0.2) is 0 Å². The van der Waals surface area contributed by atoms with Crippen molar-refractivity contribution < 1.29 is 23.1 Å². The largest absolute Gasteiger partial charge is 0.481 e. The average Bonchev–Trinajstić information content (AvgIpc) is 2.84. The summed E-state index contributed by atoms with van der Waals surface area (Å²) in [6, 6.07) is 2.20. The van der Waals surface area contributed by atoms with Gasteiger partial charge in [0.1, 0.15) is 5.82 Å². The van der Waals surface area contributed by atoms with E-state index in [9.17, 15) is 23.1 Å². The maximum atomic E-state index is 13.0. The fourth-order valence-electron chi connectivity index (χ4n) is 2.78. The Morgan fingerprint density at radius 3 is 2.62 bits per heavy atom.